The van der Waals surface area contributed by atoms with Crippen molar-refractivity contribution in [1.29, 1.82) is 0 Å². The Morgan fingerprint density at radius 3 is 1.20 bits per heavy atom. The summed E-state index contributed by atoms with van der Waals surface area (Å²) in [5, 5.41) is 0. The normalized spacial score (nSPS) is 12.3. The minimum absolute atomic E-state index is 0.612. The van der Waals surface area contributed by atoms with Crippen LogP contribution in [-0.2, 0) is 28.4 Å². The fourth-order valence-corrected chi connectivity index (χ4v) is 2.35. The van der Waals surface area contributed by atoms with Gasteiger partial charge in [-0.25, -0.2) is 0 Å². The Kier molecular flexibility index (Phi) is 17.9. The number of ether oxygens (including phenoxy) is 6. The minimum Gasteiger partial charge on any atom is -0.382 e. The molecular weight excluding hydrogens is 326 g/mol. The van der Waals surface area contributed by atoms with E-state index in [0.717, 1.165) is 24.1 Å². The Hall–Kier alpha value is -0.540. The van der Waals surface area contributed by atoms with Crippen LogP contribution in [0.4, 0.5) is 0 Å². The molecule has 0 saturated carbocycles. The molecule has 0 aliphatic carbocycles. The Morgan fingerprint density at radius 2 is 0.920 bits per heavy atom. The number of hydrogen-bond acceptors (Lipinski definition) is 6. The number of hydrogen-bond donors (Lipinski definition) is 0. The lowest BCUT2D eigenvalue weighted by molar-refractivity contribution is -0.881. The van der Waals surface area contributed by atoms with E-state index in [1.54, 1.807) is 21.3 Å². The van der Waals surface area contributed by atoms with Crippen molar-refractivity contribution >= 4 is 0 Å². The molecular formula is C18H38NO6+. The van der Waals surface area contributed by atoms with Gasteiger partial charge in [0.2, 0.25) is 0 Å². The van der Waals surface area contributed by atoms with Gasteiger partial charge in [-0.05, 0) is 13.0 Å². The lowest BCUT2D eigenvalue weighted by Gasteiger charge is -2.35. The summed E-state index contributed by atoms with van der Waals surface area (Å²) < 4.78 is 32.8. The van der Waals surface area contributed by atoms with Crippen molar-refractivity contribution in [3.8, 4) is 0 Å². The van der Waals surface area contributed by atoms with E-state index < -0.39 is 0 Å². The zero-order valence-corrected chi connectivity index (χ0v) is 16.5. The first kappa shape index (κ1) is 24.5. The molecule has 0 fully saturated rings. The SMILES string of the molecule is C/C=C\[N+](CCOCCOC)(CCOCCOC)CCOCCOC. The number of rotatable bonds is 19. The van der Waals surface area contributed by atoms with Gasteiger partial charge in [0.1, 0.15) is 19.6 Å². The third kappa shape index (κ3) is 14.3. The van der Waals surface area contributed by atoms with E-state index in [0.29, 0.717) is 59.5 Å². The summed E-state index contributed by atoms with van der Waals surface area (Å²) in [6, 6.07) is 0. The van der Waals surface area contributed by atoms with Crippen molar-refractivity contribution in [1.82, 2.24) is 0 Å². The van der Waals surface area contributed by atoms with Crippen LogP contribution in [0.2, 0.25) is 0 Å². The lowest BCUT2D eigenvalue weighted by atomic mass is 10.3. The monoisotopic (exact) mass is 364 g/mol. The Morgan fingerprint density at radius 1 is 0.560 bits per heavy atom. The molecule has 0 heterocycles. The van der Waals surface area contributed by atoms with Gasteiger partial charge in [0, 0.05) is 21.3 Å². The van der Waals surface area contributed by atoms with E-state index in [9.17, 15) is 0 Å². The molecule has 0 saturated heterocycles. The molecule has 0 radical (unpaired) electrons. The number of nitrogens with zero attached hydrogens (tertiary/aromatic N) is 1. The standard InChI is InChI=1S/C18H38NO6/c1-5-6-19(7-10-23-16-13-20-2,8-11-24-17-14-21-3)9-12-25-18-15-22-4/h5-6H,7-18H2,1-4H3/q+1/b6-5-. The predicted octanol–water partition coefficient (Wildman–Crippen LogP) is 1.33. The van der Waals surface area contributed by atoms with Crippen LogP contribution in [0, 0.1) is 0 Å². The minimum atomic E-state index is 0.612. The third-order valence-corrected chi connectivity index (χ3v) is 3.80. The average Bonchev–Trinajstić information content (AvgIpc) is 2.61. The number of methoxy groups -OCH3 is 3. The molecule has 0 unspecified atom stereocenters. The van der Waals surface area contributed by atoms with Crippen LogP contribution >= 0.6 is 0 Å². The van der Waals surface area contributed by atoms with Crippen LogP contribution in [0.1, 0.15) is 6.92 Å². The van der Waals surface area contributed by atoms with E-state index >= 15 is 0 Å². The number of allylic oxidation sites excluding steroid dienone is 1. The molecule has 0 aromatic carbocycles. The van der Waals surface area contributed by atoms with E-state index in [1.165, 1.54) is 0 Å². The van der Waals surface area contributed by atoms with Gasteiger partial charge in [0.05, 0.1) is 65.7 Å². The van der Waals surface area contributed by atoms with Crippen LogP contribution in [0.25, 0.3) is 0 Å². The average molecular weight is 365 g/mol. The predicted molar refractivity (Wildman–Crippen MR) is 97.8 cm³/mol. The number of quaternary nitrogens is 1. The van der Waals surface area contributed by atoms with Crippen molar-refractivity contribution in [3.63, 3.8) is 0 Å². The van der Waals surface area contributed by atoms with Gasteiger partial charge in [-0.3, -0.25) is 4.48 Å². The van der Waals surface area contributed by atoms with Crippen LogP contribution in [0.5, 0.6) is 0 Å². The summed E-state index contributed by atoms with van der Waals surface area (Å²) in [5.41, 5.74) is 0. The lowest BCUT2D eigenvalue weighted by Crippen LogP contribution is -2.49. The molecule has 0 N–H and O–H groups in total. The van der Waals surface area contributed by atoms with Crippen LogP contribution < -0.4 is 0 Å². The van der Waals surface area contributed by atoms with Crippen molar-refractivity contribution in [2.75, 3.05) is 100 Å². The summed E-state index contributed by atoms with van der Waals surface area (Å²) >= 11 is 0. The second-order valence-corrected chi connectivity index (χ2v) is 5.69. The molecule has 7 nitrogen and oxygen atoms in total. The summed E-state index contributed by atoms with van der Waals surface area (Å²) in [6.07, 6.45) is 4.29. The van der Waals surface area contributed by atoms with Gasteiger partial charge in [0.25, 0.3) is 0 Å². The highest BCUT2D eigenvalue weighted by Gasteiger charge is 2.24. The van der Waals surface area contributed by atoms with E-state index in [1.807, 2.05) is 6.92 Å². The van der Waals surface area contributed by atoms with Crippen molar-refractivity contribution < 1.29 is 32.9 Å². The first-order valence-electron chi connectivity index (χ1n) is 8.94. The first-order valence-corrected chi connectivity index (χ1v) is 8.94. The third-order valence-electron chi connectivity index (χ3n) is 3.80. The smallest absolute Gasteiger partial charge is 0.107 e. The molecule has 0 aliphatic heterocycles. The van der Waals surface area contributed by atoms with Gasteiger partial charge in [-0.2, -0.15) is 0 Å². The molecule has 0 rings (SSSR count). The first-order chi connectivity index (χ1) is 12.2. The Balaban J connectivity index is 4.46. The Labute approximate surface area is 153 Å². The summed E-state index contributed by atoms with van der Waals surface area (Å²) in [5.74, 6) is 0. The summed E-state index contributed by atoms with van der Waals surface area (Å²) in [7, 11) is 5.04. The highest BCUT2D eigenvalue weighted by molar-refractivity contribution is 4.69. The van der Waals surface area contributed by atoms with Crippen molar-refractivity contribution in [2.24, 2.45) is 0 Å². The van der Waals surface area contributed by atoms with Crippen molar-refractivity contribution in [3.05, 3.63) is 12.3 Å². The van der Waals surface area contributed by atoms with Crippen molar-refractivity contribution in [2.45, 2.75) is 6.92 Å². The molecule has 0 bridgehead atoms. The highest BCUT2D eigenvalue weighted by atomic mass is 16.5. The van der Waals surface area contributed by atoms with E-state index in [2.05, 4.69) is 12.3 Å². The second kappa shape index (κ2) is 18.3. The van der Waals surface area contributed by atoms with E-state index in [4.69, 9.17) is 28.4 Å². The zero-order valence-electron chi connectivity index (χ0n) is 16.5. The maximum atomic E-state index is 5.67. The van der Waals surface area contributed by atoms with Crippen LogP contribution in [0.3, 0.4) is 0 Å². The zero-order chi connectivity index (χ0) is 18.6. The van der Waals surface area contributed by atoms with Gasteiger partial charge in [-0.1, -0.05) is 0 Å². The van der Waals surface area contributed by atoms with Crippen LogP contribution in [0.15, 0.2) is 12.3 Å². The fraction of sp³-hybridized carbons (Fsp3) is 0.889. The quantitative estimate of drug-likeness (QED) is 0.255. The molecule has 0 atom stereocenters. The highest BCUT2D eigenvalue weighted by Crippen LogP contribution is 2.09. The van der Waals surface area contributed by atoms with Gasteiger partial charge in [0.15, 0.2) is 0 Å². The Bertz CT molecular complexity index is 265. The molecule has 150 valence electrons. The maximum Gasteiger partial charge on any atom is 0.107 e. The largest absolute Gasteiger partial charge is 0.382 e. The van der Waals surface area contributed by atoms with Gasteiger partial charge < -0.3 is 28.4 Å². The topological polar surface area (TPSA) is 55.4 Å². The molecule has 7 heteroatoms. The molecule has 0 spiro atoms. The summed E-state index contributed by atoms with van der Waals surface area (Å²) in [6.45, 7) is 10.3. The molecule has 25 heavy (non-hydrogen) atoms. The van der Waals surface area contributed by atoms with Gasteiger partial charge >= 0.3 is 0 Å². The molecule has 0 amide bonds. The molecule has 0 aromatic heterocycles. The van der Waals surface area contributed by atoms with E-state index in [-0.39, 0.29) is 0 Å². The maximum absolute atomic E-state index is 5.67. The second-order valence-electron chi connectivity index (χ2n) is 5.69. The summed E-state index contributed by atoms with van der Waals surface area (Å²) in [4.78, 5) is 0. The molecule has 0 aromatic rings. The molecule has 0 aliphatic rings. The van der Waals surface area contributed by atoms with Crippen LogP contribution in [-0.4, -0.2) is 105 Å². The van der Waals surface area contributed by atoms with Gasteiger partial charge in [-0.15, -0.1) is 0 Å². The fourth-order valence-electron chi connectivity index (χ4n) is 2.35.